The van der Waals surface area contributed by atoms with Crippen LogP contribution in [0, 0.1) is 0 Å². The predicted molar refractivity (Wildman–Crippen MR) is 70.3 cm³/mol. The highest BCUT2D eigenvalue weighted by molar-refractivity contribution is 5.87. The van der Waals surface area contributed by atoms with Gasteiger partial charge in [0.05, 0.1) is 6.61 Å². The molecule has 5 nitrogen and oxygen atoms in total. The summed E-state index contributed by atoms with van der Waals surface area (Å²) >= 11 is 0. The lowest BCUT2D eigenvalue weighted by molar-refractivity contribution is -0.139. The molecular formula is C13H25N3O2. The van der Waals surface area contributed by atoms with E-state index in [1.165, 1.54) is 0 Å². The van der Waals surface area contributed by atoms with E-state index >= 15 is 0 Å². The summed E-state index contributed by atoms with van der Waals surface area (Å²) < 4.78 is 5.31. The molecule has 104 valence electrons. The summed E-state index contributed by atoms with van der Waals surface area (Å²) in [6, 6.07) is 0.283. The van der Waals surface area contributed by atoms with Gasteiger partial charge in [0.2, 0.25) is 5.91 Å². The zero-order chi connectivity index (χ0) is 13.2. The number of carbonyl (C=O) groups is 1. The Kier molecular flexibility index (Phi) is 4.25. The van der Waals surface area contributed by atoms with Gasteiger partial charge in [0, 0.05) is 25.7 Å². The zero-order valence-corrected chi connectivity index (χ0v) is 11.5. The van der Waals surface area contributed by atoms with Crippen LogP contribution in [0.5, 0.6) is 0 Å². The van der Waals surface area contributed by atoms with Crippen molar-refractivity contribution in [1.82, 2.24) is 9.80 Å². The molecule has 0 bridgehead atoms. The van der Waals surface area contributed by atoms with E-state index in [4.69, 9.17) is 10.5 Å². The molecule has 2 heterocycles. The molecule has 2 rings (SSSR count). The van der Waals surface area contributed by atoms with Crippen molar-refractivity contribution in [2.75, 3.05) is 39.9 Å². The van der Waals surface area contributed by atoms with E-state index in [9.17, 15) is 4.79 Å². The summed E-state index contributed by atoms with van der Waals surface area (Å²) in [6.07, 6.45) is 2.65. The highest BCUT2D eigenvalue weighted by Crippen LogP contribution is 2.22. The fourth-order valence-electron chi connectivity index (χ4n) is 2.90. The Morgan fingerprint density at radius 2 is 2.28 bits per heavy atom. The lowest BCUT2D eigenvalue weighted by Gasteiger charge is -2.35. The average molecular weight is 255 g/mol. The van der Waals surface area contributed by atoms with Gasteiger partial charge in [-0.2, -0.15) is 0 Å². The van der Waals surface area contributed by atoms with E-state index in [2.05, 4.69) is 18.9 Å². The lowest BCUT2D eigenvalue weighted by atomic mass is 9.97. The Hall–Kier alpha value is -0.650. The van der Waals surface area contributed by atoms with Crippen LogP contribution >= 0.6 is 0 Å². The van der Waals surface area contributed by atoms with E-state index in [1.54, 1.807) is 0 Å². The van der Waals surface area contributed by atoms with Gasteiger partial charge in [-0.05, 0) is 32.9 Å². The molecule has 2 aliphatic rings. The van der Waals surface area contributed by atoms with E-state index in [-0.39, 0.29) is 11.9 Å². The van der Waals surface area contributed by atoms with Crippen molar-refractivity contribution in [2.45, 2.75) is 37.8 Å². The summed E-state index contributed by atoms with van der Waals surface area (Å²) in [4.78, 5) is 17.0. The van der Waals surface area contributed by atoms with Gasteiger partial charge < -0.3 is 20.3 Å². The number of carbonyl (C=O) groups excluding carboxylic acids is 1. The fourth-order valence-corrected chi connectivity index (χ4v) is 2.90. The monoisotopic (exact) mass is 255 g/mol. The molecule has 0 radical (unpaired) electrons. The largest absolute Gasteiger partial charge is 0.379 e. The van der Waals surface area contributed by atoms with Gasteiger partial charge in [-0.1, -0.05) is 6.92 Å². The van der Waals surface area contributed by atoms with Crippen LogP contribution in [0.15, 0.2) is 0 Å². The summed E-state index contributed by atoms with van der Waals surface area (Å²) in [7, 11) is 2.12. The first-order valence-electron chi connectivity index (χ1n) is 6.93. The minimum Gasteiger partial charge on any atom is -0.379 e. The van der Waals surface area contributed by atoms with Crippen LogP contribution in [-0.4, -0.2) is 67.2 Å². The van der Waals surface area contributed by atoms with Crippen molar-refractivity contribution < 1.29 is 9.53 Å². The maximum atomic E-state index is 12.7. The van der Waals surface area contributed by atoms with Crippen molar-refractivity contribution in [1.29, 1.82) is 0 Å². The van der Waals surface area contributed by atoms with Crippen LogP contribution in [0.4, 0.5) is 0 Å². The molecule has 2 saturated heterocycles. The van der Waals surface area contributed by atoms with Gasteiger partial charge in [-0.25, -0.2) is 0 Å². The van der Waals surface area contributed by atoms with Gasteiger partial charge in [0.25, 0.3) is 0 Å². The Bertz CT molecular complexity index is 303. The van der Waals surface area contributed by atoms with Crippen molar-refractivity contribution in [2.24, 2.45) is 5.73 Å². The van der Waals surface area contributed by atoms with E-state index in [0.717, 1.165) is 32.5 Å². The normalized spacial score (nSPS) is 34.6. The van der Waals surface area contributed by atoms with Crippen LogP contribution in [0.2, 0.25) is 0 Å². The first kappa shape index (κ1) is 13.8. The quantitative estimate of drug-likeness (QED) is 0.757. The summed E-state index contributed by atoms with van der Waals surface area (Å²) in [5.41, 5.74) is 5.42. The maximum Gasteiger partial charge on any atom is 0.245 e. The third kappa shape index (κ3) is 2.68. The van der Waals surface area contributed by atoms with Gasteiger partial charge in [0.15, 0.2) is 0 Å². The number of hydrogen-bond donors (Lipinski definition) is 1. The summed E-state index contributed by atoms with van der Waals surface area (Å²) in [6.45, 7) is 5.92. The highest BCUT2D eigenvalue weighted by Gasteiger charge is 2.43. The van der Waals surface area contributed by atoms with Crippen molar-refractivity contribution in [3.8, 4) is 0 Å². The Balaban J connectivity index is 2.11. The molecule has 0 aliphatic carbocycles. The van der Waals surface area contributed by atoms with Gasteiger partial charge >= 0.3 is 0 Å². The van der Waals surface area contributed by atoms with Gasteiger partial charge in [0.1, 0.15) is 5.54 Å². The van der Waals surface area contributed by atoms with Crippen LogP contribution in [0.1, 0.15) is 26.2 Å². The van der Waals surface area contributed by atoms with E-state index in [0.29, 0.717) is 19.6 Å². The van der Waals surface area contributed by atoms with Crippen LogP contribution in [0.25, 0.3) is 0 Å². The molecule has 2 fully saturated rings. The molecule has 18 heavy (non-hydrogen) atoms. The molecule has 0 spiro atoms. The minimum atomic E-state index is -0.781. The average Bonchev–Trinajstić information content (AvgIpc) is 2.70. The number of hydrogen-bond acceptors (Lipinski definition) is 4. The Labute approximate surface area is 109 Å². The first-order chi connectivity index (χ1) is 8.57. The van der Waals surface area contributed by atoms with Crippen LogP contribution in [-0.2, 0) is 9.53 Å². The molecule has 0 aromatic carbocycles. The number of rotatable bonds is 2. The molecule has 2 unspecified atom stereocenters. The van der Waals surface area contributed by atoms with Crippen molar-refractivity contribution in [3.63, 3.8) is 0 Å². The SMILES string of the molecule is CCC1CN(C)CCCN1C(=O)C1(N)CCOC1. The summed E-state index contributed by atoms with van der Waals surface area (Å²) in [5.74, 6) is 0.0853. The second-order valence-electron chi connectivity index (χ2n) is 5.64. The second kappa shape index (κ2) is 5.55. The number of ether oxygens (including phenoxy) is 1. The molecule has 0 aromatic rings. The minimum absolute atomic E-state index is 0.0853. The summed E-state index contributed by atoms with van der Waals surface area (Å²) in [5, 5.41) is 0. The highest BCUT2D eigenvalue weighted by atomic mass is 16.5. The number of nitrogens with two attached hydrogens (primary N) is 1. The van der Waals surface area contributed by atoms with Gasteiger partial charge in [-0.15, -0.1) is 0 Å². The Morgan fingerprint density at radius 1 is 1.50 bits per heavy atom. The Morgan fingerprint density at radius 3 is 2.89 bits per heavy atom. The third-order valence-corrected chi connectivity index (χ3v) is 4.11. The number of likely N-dealkylation sites (N-methyl/N-ethyl adjacent to an activating group) is 1. The molecule has 2 atom stereocenters. The molecule has 2 aliphatic heterocycles. The molecule has 5 heteroatoms. The molecule has 1 amide bonds. The van der Waals surface area contributed by atoms with Crippen molar-refractivity contribution >= 4 is 5.91 Å². The zero-order valence-electron chi connectivity index (χ0n) is 11.5. The fraction of sp³-hybridized carbons (Fsp3) is 0.923. The van der Waals surface area contributed by atoms with E-state index < -0.39 is 5.54 Å². The second-order valence-corrected chi connectivity index (χ2v) is 5.64. The predicted octanol–water partition coefficient (Wildman–Crippen LogP) is 0.0469. The number of amides is 1. The topological polar surface area (TPSA) is 58.8 Å². The number of nitrogens with zero attached hydrogens (tertiary/aromatic N) is 2. The van der Waals surface area contributed by atoms with Crippen molar-refractivity contribution in [3.05, 3.63) is 0 Å². The van der Waals surface area contributed by atoms with E-state index in [1.807, 2.05) is 4.90 Å². The van der Waals surface area contributed by atoms with Crippen LogP contribution < -0.4 is 5.73 Å². The third-order valence-electron chi connectivity index (χ3n) is 4.11. The molecular weight excluding hydrogens is 230 g/mol. The molecule has 0 saturated carbocycles. The molecule has 2 N–H and O–H groups in total. The smallest absolute Gasteiger partial charge is 0.245 e. The van der Waals surface area contributed by atoms with Gasteiger partial charge in [-0.3, -0.25) is 4.79 Å². The standard InChI is InChI=1S/C13H25N3O2/c1-3-11-9-15(2)6-4-7-16(11)12(17)13(14)5-8-18-10-13/h11H,3-10,14H2,1-2H3. The lowest BCUT2D eigenvalue weighted by Crippen LogP contribution is -2.59. The first-order valence-corrected chi connectivity index (χ1v) is 6.93. The maximum absolute atomic E-state index is 12.7. The van der Waals surface area contributed by atoms with Crippen LogP contribution in [0.3, 0.4) is 0 Å². The molecule has 0 aromatic heterocycles.